The summed E-state index contributed by atoms with van der Waals surface area (Å²) in [7, 11) is -3.89. The van der Waals surface area contributed by atoms with Crippen molar-refractivity contribution in [3.8, 4) is 0 Å². The van der Waals surface area contributed by atoms with E-state index in [9.17, 15) is 23.1 Å². The van der Waals surface area contributed by atoms with E-state index in [0.717, 1.165) is 5.56 Å². The van der Waals surface area contributed by atoms with Crippen LogP contribution in [0.2, 0.25) is 0 Å². The number of nitrogens with one attached hydrogen (secondary N) is 2. The quantitative estimate of drug-likeness (QED) is 0.641. The summed E-state index contributed by atoms with van der Waals surface area (Å²) < 4.78 is 27.6. The van der Waals surface area contributed by atoms with Crippen molar-refractivity contribution < 1.29 is 23.1 Å². The zero-order chi connectivity index (χ0) is 20.0. The summed E-state index contributed by atoms with van der Waals surface area (Å²) >= 11 is 0. The molecule has 2 aromatic carbocycles. The number of anilines is 1. The average Bonchev–Trinajstić information content (AvgIpc) is 2.61. The molecule has 7 nitrogen and oxygen atoms in total. The van der Waals surface area contributed by atoms with E-state index in [-0.39, 0.29) is 22.6 Å². The molecule has 0 aromatic heterocycles. The van der Waals surface area contributed by atoms with Gasteiger partial charge in [-0.2, -0.15) is 0 Å². The fourth-order valence-electron chi connectivity index (χ4n) is 2.47. The van der Waals surface area contributed by atoms with Crippen LogP contribution in [0.5, 0.6) is 0 Å². The molecule has 0 saturated carbocycles. The molecule has 0 aliphatic carbocycles. The minimum Gasteiger partial charge on any atom is -0.480 e. The third-order valence-electron chi connectivity index (χ3n) is 3.93. The summed E-state index contributed by atoms with van der Waals surface area (Å²) in [5.74, 6) is -1.79. The van der Waals surface area contributed by atoms with E-state index in [1.54, 1.807) is 24.3 Å². The summed E-state index contributed by atoms with van der Waals surface area (Å²) in [6.07, 6.45) is 0.858. The molecule has 1 atom stereocenters. The van der Waals surface area contributed by atoms with Gasteiger partial charge in [-0.25, -0.2) is 13.2 Å². The molecule has 0 radical (unpaired) electrons. The molecule has 2 aromatic rings. The Kier molecular flexibility index (Phi) is 6.57. The first-order valence-electron chi connectivity index (χ1n) is 8.46. The van der Waals surface area contributed by atoms with Crippen LogP contribution in [0.4, 0.5) is 5.69 Å². The Morgan fingerprint density at radius 3 is 2.30 bits per heavy atom. The molecule has 0 aliphatic heterocycles. The topological polar surface area (TPSA) is 113 Å². The highest BCUT2D eigenvalue weighted by molar-refractivity contribution is 7.92. The molecule has 1 unspecified atom stereocenters. The Bertz CT molecular complexity index is 923. The van der Waals surface area contributed by atoms with Crippen molar-refractivity contribution in [1.29, 1.82) is 0 Å². The third-order valence-corrected chi connectivity index (χ3v) is 5.31. The lowest BCUT2D eigenvalue weighted by Gasteiger charge is -2.16. The van der Waals surface area contributed by atoms with Gasteiger partial charge in [0, 0.05) is 0 Å². The zero-order valence-corrected chi connectivity index (χ0v) is 15.9. The first kappa shape index (κ1) is 20.4. The molecule has 0 aliphatic rings. The van der Waals surface area contributed by atoms with E-state index in [1.807, 2.05) is 13.8 Å². The van der Waals surface area contributed by atoms with Crippen LogP contribution in [0.1, 0.15) is 35.7 Å². The predicted molar refractivity (Wildman–Crippen MR) is 102 cm³/mol. The molecule has 0 spiro atoms. The molecule has 0 saturated heterocycles. The van der Waals surface area contributed by atoms with Gasteiger partial charge in [0.15, 0.2) is 0 Å². The standard InChI is InChI=1S/C19H22N2O5S/c1-3-6-17(19(23)24)20-18(22)15-7-4-5-8-16(15)21-27(25,26)14-11-9-13(2)10-12-14/h4-5,7-12,17,21H,3,6H2,1-2H3,(H,20,22)(H,23,24). The molecule has 0 heterocycles. The van der Waals surface area contributed by atoms with Crippen molar-refractivity contribution in [3.05, 3.63) is 59.7 Å². The van der Waals surface area contributed by atoms with E-state index < -0.39 is 27.9 Å². The van der Waals surface area contributed by atoms with E-state index >= 15 is 0 Å². The summed E-state index contributed by atoms with van der Waals surface area (Å²) in [6.45, 7) is 3.66. The van der Waals surface area contributed by atoms with E-state index in [1.165, 1.54) is 24.3 Å². The maximum absolute atomic E-state index is 12.6. The largest absolute Gasteiger partial charge is 0.480 e. The van der Waals surface area contributed by atoms with Crippen LogP contribution in [0.3, 0.4) is 0 Å². The molecule has 27 heavy (non-hydrogen) atoms. The molecule has 2 rings (SSSR count). The number of rotatable bonds is 8. The SMILES string of the molecule is CCCC(NC(=O)c1ccccc1NS(=O)(=O)c1ccc(C)cc1)C(=O)O. The number of para-hydroxylation sites is 1. The first-order valence-corrected chi connectivity index (χ1v) is 9.95. The summed E-state index contributed by atoms with van der Waals surface area (Å²) in [4.78, 5) is 23.8. The van der Waals surface area contributed by atoms with Crippen LogP contribution in [-0.2, 0) is 14.8 Å². The molecule has 0 fully saturated rings. The maximum Gasteiger partial charge on any atom is 0.326 e. The average molecular weight is 390 g/mol. The zero-order valence-electron chi connectivity index (χ0n) is 15.1. The smallest absolute Gasteiger partial charge is 0.326 e. The Morgan fingerprint density at radius 2 is 1.70 bits per heavy atom. The van der Waals surface area contributed by atoms with Gasteiger partial charge < -0.3 is 10.4 Å². The lowest BCUT2D eigenvalue weighted by molar-refractivity contribution is -0.139. The third kappa shape index (κ3) is 5.30. The number of carbonyl (C=O) groups excluding carboxylic acids is 1. The minimum absolute atomic E-state index is 0.0514. The highest BCUT2D eigenvalue weighted by Gasteiger charge is 2.23. The lowest BCUT2D eigenvalue weighted by atomic mass is 10.1. The van der Waals surface area contributed by atoms with E-state index in [2.05, 4.69) is 10.0 Å². The van der Waals surface area contributed by atoms with Crippen molar-refractivity contribution in [2.75, 3.05) is 4.72 Å². The monoisotopic (exact) mass is 390 g/mol. The highest BCUT2D eigenvalue weighted by atomic mass is 32.2. The number of carboxylic acids is 1. The normalized spacial score (nSPS) is 12.2. The Labute approximate surface area is 158 Å². The van der Waals surface area contributed by atoms with E-state index in [4.69, 9.17) is 0 Å². The number of carbonyl (C=O) groups is 2. The lowest BCUT2D eigenvalue weighted by Crippen LogP contribution is -2.40. The van der Waals surface area contributed by atoms with Gasteiger partial charge in [0.05, 0.1) is 16.1 Å². The van der Waals surface area contributed by atoms with E-state index in [0.29, 0.717) is 6.42 Å². The Balaban J connectivity index is 2.28. The molecule has 144 valence electrons. The number of aliphatic carboxylic acids is 1. The number of hydrogen-bond acceptors (Lipinski definition) is 4. The number of aryl methyl sites for hydroxylation is 1. The molecule has 1 amide bonds. The fourth-order valence-corrected chi connectivity index (χ4v) is 3.55. The number of benzene rings is 2. The van der Waals surface area contributed by atoms with Gasteiger partial charge in [0.1, 0.15) is 6.04 Å². The number of sulfonamides is 1. The van der Waals surface area contributed by atoms with Crippen LogP contribution in [0.15, 0.2) is 53.4 Å². The second-order valence-electron chi connectivity index (χ2n) is 6.12. The van der Waals surface area contributed by atoms with Crippen LogP contribution in [0, 0.1) is 6.92 Å². The van der Waals surface area contributed by atoms with Gasteiger partial charge in [-0.1, -0.05) is 43.2 Å². The van der Waals surface area contributed by atoms with Crippen molar-refractivity contribution in [2.24, 2.45) is 0 Å². The maximum atomic E-state index is 12.6. The fraction of sp³-hybridized carbons (Fsp3) is 0.263. The number of amides is 1. The van der Waals surface area contributed by atoms with Gasteiger partial charge in [-0.3, -0.25) is 9.52 Å². The second kappa shape index (κ2) is 8.68. The molecule has 3 N–H and O–H groups in total. The van der Waals surface area contributed by atoms with Crippen LogP contribution in [0.25, 0.3) is 0 Å². The van der Waals surface area contributed by atoms with Gasteiger partial charge in [0.25, 0.3) is 15.9 Å². The molecular formula is C19H22N2O5S. The van der Waals surface area contributed by atoms with Crippen LogP contribution < -0.4 is 10.0 Å². The van der Waals surface area contributed by atoms with Crippen molar-refractivity contribution in [1.82, 2.24) is 5.32 Å². The van der Waals surface area contributed by atoms with Crippen molar-refractivity contribution in [2.45, 2.75) is 37.6 Å². The summed E-state index contributed by atoms with van der Waals surface area (Å²) in [5.41, 5.74) is 1.05. The van der Waals surface area contributed by atoms with Crippen molar-refractivity contribution in [3.63, 3.8) is 0 Å². The van der Waals surface area contributed by atoms with Crippen molar-refractivity contribution >= 4 is 27.6 Å². The van der Waals surface area contributed by atoms with Gasteiger partial charge in [0.2, 0.25) is 0 Å². The minimum atomic E-state index is -3.89. The highest BCUT2D eigenvalue weighted by Crippen LogP contribution is 2.21. The van der Waals surface area contributed by atoms with Gasteiger partial charge >= 0.3 is 5.97 Å². The summed E-state index contributed by atoms with van der Waals surface area (Å²) in [5, 5.41) is 11.6. The summed E-state index contributed by atoms with van der Waals surface area (Å²) in [6, 6.07) is 11.3. The van der Waals surface area contributed by atoms with Crippen LogP contribution in [-0.4, -0.2) is 31.4 Å². The second-order valence-corrected chi connectivity index (χ2v) is 7.80. The van der Waals surface area contributed by atoms with Crippen LogP contribution >= 0.6 is 0 Å². The van der Waals surface area contributed by atoms with Gasteiger partial charge in [-0.15, -0.1) is 0 Å². The van der Waals surface area contributed by atoms with Gasteiger partial charge in [-0.05, 0) is 37.6 Å². The number of carboxylic acid groups (broad SMARTS) is 1. The Hall–Kier alpha value is -2.87. The number of hydrogen-bond donors (Lipinski definition) is 3. The molecule has 0 bridgehead atoms. The first-order chi connectivity index (χ1) is 12.7. The molecule has 8 heteroatoms. The molecular weight excluding hydrogens is 368 g/mol. The predicted octanol–water partition coefficient (Wildman–Crippen LogP) is 2.78. The Morgan fingerprint density at radius 1 is 1.07 bits per heavy atom.